The summed E-state index contributed by atoms with van der Waals surface area (Å²) in [5.74, 6) is 0.685. The lowest BCUT2D eigenvalue weighted by molar-refractivity contribution is -0.151. The second-order valence-electron chi connectivity index (χ2n) is 6.75. The lowest BCUT2D eigenvalue weighted by atomic mass is 9.99. The quantitative estimate of drug-likeness (QED) is 0.593. The van der Waals surface area contributed by atoms with Gasteiger partial charge in [-0.25, -0.2) is 0 Å². The summed E-state index contributed by atoms with van der Waals surface area (Å²) in [6.07, 6.45) is 1.71. The van der Waals surface area contributed by atoms with Gasteiger partial charge in [0.25, 0.3) is 0 Å². The maximum atomic E-state index is 11.4. The predicted octanol–water partition coefficient (Wildman–Crippen LogP) is 4.27. The first-order chi connectivity index (χ1) is 13.1. The molecule has 2 aromatic carbocycles. The van der Waals surface area contributed by atoms with E-state index < -0.39 is 0 Å². The molecule has 0 radical (unpaired) electrons. The molecule has 0 N–H and O–H groups in total. The Morgan fingerprint density at radius 2 is 2.00 bits per heavy atom. The van der Waals surface area contributed by atoms with Gasteiger partial charge in [-0.3, -0.25) is 9.69 Å². The fourth-order valence-corrected chi connectivity index (χ4v) is 3.46. The Bertz CT molecular complexity index is 944. The molecular formula is C21H20ClNO4. The van der Waals surface area contributed by atoms with Gasteiger partial charge in [-0.2, -0.15) is 0 Å². The molecule has 6 heteroatoms. The number of esters is 1. The van der Waals surface area contributed by atoms with Crippen LogP contribution in [-0.2, 0) is 22.7 Å². The van der Waals surface area contributed by atoms with Crippen LogP contribution in [-0.4, -0.2) is 31.1 Å². The van der Waals surface area contributed by atoms with Crippen LogP contribution in [0.15, 0.2) is 53.1 Å². The minimum absolute atomic E-state index is 0.0101. The van der Waals surface area contributed by atoms with Crippen LogP contribution in [0, 0.1) is 5.92 Å². The summed E-state index contributed by atoms with van der Waals surface area (Å²) in [6.45, 7) is 2.74. The molecule has 27 heavy (non-hydrogen) atoms. The van der Waals surface area contributed by atoms with Crippen molar-refractivity contribution in [1.82, 2.24) is 4.90 Å². The van der Waals surface area contributed by atoms with E-state index in [1.807, 2.05) is 42.5 Å². The maximum Gasteiger partial charge on any atom is 0.311 e. The minimum Gasteiger partial charge on any atom is -0.489 e. The van der Waals surface area contributed by atoms with Gasteiger partial charge in [0.15, 0.2) is 0 Å². The van der Waals surface area contributed by atoms with E-state index in [9.17, 15) is 4.79 Å². The van der Waals surface area contributed by atoms with E-state index in [2.05, 4.69) is 4.90 Å². The number of ether oxygens (including phenoxy) is 2. The predicted molar refractivity (Wildman–Crippen MR) is 103 cm³/mol. The lowest BCUT2D eigenvalue weighted by Gasteiger charge is -2.37. The zero-order chi connectivity index (χ0) is 18.8. The van der Waals surface area contributed by atoms with Gasteiger partial charge in [-0.15, -0.1) is 0 Å². The SMILES string of the molecule is COC(=O)C1CN(Cc2ccc(OCc3coc4ccc(Cl)cc34)cc2)C1. The third-order valence-corrected chi connectivity index (χ3v) is 5.07. The summed E-state index contributed by atoms with van der Waals surface area (Å²) in [4.78, 5) is 13.6. The number of likely N-dealkylation sites (tertiary alicyclic amines) is 1. The number of hydrogen-bond donors (Lipinski definition) is 0. The molecule has 0 saturated carbocycles. The van der Waals surface area contributed by atoms with Gasteiger partial charge in [0.05, 0.1) is 19.3 Å². The summed E-state index contributed by atoms with van der Waals surface area (Å²) in [5.41, 5.74) is 2.95. The molecule has 0 bridgehead atoms. The summed E-state index contributed by atoms with van der Waals surface area (Å²) >= 11 is 6.06. The van der Waals surface area contributed by atoms with Crippen LogP contribution < -0.4 is 4.74 Å². The standard InChI is InChI=1S/C21H20ClNO4/c1-25-21(24)15-10-23(11-15)9-14-2-5-18(6-3-14)26-12-16-13-27-20-7-4-17(22)8-19(16)20/h2-8,13,15H,9-12H2,1H3. The number of hydrogen-bond acceptors (Lipinski definition) is 5. The number of carbonyl (C=O) groups is 1. The first-order valence-electron chi connectivity index (χ1n) is 8.80. The van der Waals surface area contributed by atoms with E-state index in [1.54, 1.807) is 6.26 Å². The lowest BCUT2D eigenvalue weighted by Crippen LogP contribution is -2.49. The smallest absolute Gasteiger partial charge is 0.311 e. The van der Waals surface area contributed by atoms with Gasteiger partial charge in [-0.1, -0.05) is 23.7 Å². The van der Waals surface area contributed by atoms with Crippen LogP contribution in [0.25, 0.3) is 11.0 Å². The normalized spacial score (nSPS) is 14.9. The van der Waals surface area contributed by atoms with E-state index in [1.165, 1.54) is 12.7 Å². The Balaban J connectivity index is 1.32. The van der Waals surface area contributed by atoms with Crippen LogP contribution >= 0.6 is 11.6 Å². The highest BCUT2D eigenvalue weighted by Gasteiger charge is 2.33. The number of halogens is 1. The summed E-state index contributed by atoms with van der Waals surface area (Å²) in [7, 11) is 1.44. The number of carbonyl (C=O) groups excluding carboxylic acids is 1. The molecular weight excluding hydrogens is 366 g/mol. The molecule has 1 fully saturated rings. The molecule has 1 aliphatic rings. The number of fused-ring (bicyclic) bond motifs is 1. The molecule has 1 saturated heterocycles. The average Bonchev–Trinajstić information content (AvgIpc) is 3.05. The fraction of sp³-hybridized carbons (Fsp3) is 0.286. The van der Waals surface area contributed by atoms with Crippen LogP contribution in [0.3, 0.4) is 0 Å². The van der Waals surface area contributed by atoms with E-state index >= 15 is 0 Å². The average molecular weight is 386 g/mol. The van der Waals surface area contributed by atoms with Gasteiger partial charge in [0.2, 0.25) is 0 Å². The second kappa shape index (κ2) is 7.62. The highest BCUT2D eigenvalue weighted by atomic mass is 35.5. The Labute approximate surface area is 162 Å². The van der Waals surface area contributed by atoms with Crippen molar-refractivity contribution < 1.29 is 18.7 Å². The number of methoxy groups -OCH3 is 1. The molecule has 140 valence electrons. The molecule has 0 spiro atoms. The molecule has 5 nitrogen and oxygen atoms in total. The Hall–Kier alpha value is -2.50. The van der Waals surface area contributed by atoms with Gasteiger partial charge < -0.3 is 13.9 Å². The molecule has 0 amide bonds. The molecule has 2 heterocycles. The molecule has 1 aliphatic heterocycles. The van der Waals surface area contributed by atoms with Crippen LogP contribution in [0.2, 0.25) is 5.02 Å². The molecule has 0 atom stereocenters. The van der Waals surface area contributed by atoms with Crippen molar-refractivity contribution in [3.8, 4) is 5.75 Å². The Kier molecular flexibility index (Phi) is 5.05. The molecule has 1 aromatic heterocycles. The van der Waals surface area contributed by atoms with Crippen molar-refractivity contribution in [2.75, 3.05) is 20.2 Å². The largest absolute Gasteiger partial charge is 0.489 e. The van der Waals surface area contributed by atoms with Crippen LogP contribution in [0.1, 0.15) is 11.1 Å². The van der Waals surface area contributed by atoms with Crippen molar-refractivity contribution in [3.05, 3.63) is 64.9 Å². The molecule has 3 aromatic rings. The van der Waals surface area contributed by atoms with E-state index in [0.29, 0.717) is 11.6 Å². The monoisotopic (exact) mass is 385 g/mol. The van der Waals surface area contributed by atoms with E-state index in [0.717, 1.165) is 41.9 Å². The Morgan fingerprint density at radius 1 is 1.22 bits per heavy atom. The topological polar surface area (TPSA) is 51.9 Å². The zero-order valence-electron chi connectivity index (χ0n) is 15.0. The van der Waals surface area contributed by atoms with Crippen LogP contribution in [0.5, 0.6) is 5.75 Å². The van der Waals surface area contributed by atoms with Crippen molar-refractivity contribution in [3.63, 3.8) is 0 Å². The van der Waals surface area contributed by atoms with Gasteiger partial charge in [0, 0.05) is 35.6 Å². The van der Waals surface area contributed by atoms with Gasteiger partial charge >= 0.3 is 5.97 Å². The summed E-state index contributed by atoms with van der Waals surface area (Å²) < 4.78 is 16.2. The van der Waals surface area contributed by atoms with E-state index in [4.69, 9.17) is 25.5 Å². The Morgan fingerprint density at radius 3 is 2.74 bits per heavy atom. The van der Waals surface area contributed by atoms with Crippen molar-refractivity contribution >= 4 is 28.5 Å². The third-order valence-electron chi connectivity index (χ3n) is 4.83. The molecule has 0 unspecified atom stereocenters. The molecule has 0 aliphatic carbocycles. The highest BCUT2D eigenvalue weighted by molar-refractivity contribution is 6.31. The molecule has 4 rings (SSSR count). The first kappa shape index (κ1) is 17.9. The number of rotatable bonds is 6. The van der Waals surface area contributed by atoms with Crippen molar-refractivity contribution in [2.24, 2.45) is 5.92 Å². The summed E-state index contributed by atoms with van der Waals surface area (Å²) in [5, 5.41) is 1.65. The fourth-order valence-electron chi connectivity index (χ4n) is 3.29. The minimum atomic E-state index is -0.122. The number of benzene rings is 2. The van der Waals surface area contributed by atoms with Crippen LogP contribution in [0.4, 0.5) is 0 Å². The summed E-state index contributed by atoms with van der Waals surface area (Å²) in [6, 6.07) is 13.6. The van der Waals surface area contributed by atoms with Gasteiger partial charge in [-0.05, 0) is 35.9 Å². The highest BCUT2D eigenvalue weighted by Crippen LogP contribution is 2.26. The zero-order valence-corrected chi connectivity index (χ0v) is 15.7. The van der Waals surface area contributed by atoms with E-state index in [-0.39, 0.29) is 11.9 Å². The van der Waals surface area contributed by atoms with Crippen molar-refractivity contribution in [2.45, 2.75) is 13.2 Å². The maximum absolute atomic E-state index is 11.4. The second-order valence-corrected chi connectivity index (χ2v) is 7.18. The van der Waals surface area contributed by atoms with Crippen molar-refractivity contribution in [1.29, 1.82) is 0 Å². The number of furan rings is 1. The number of nitrogens with zero attached hydrogens (tertiary/aromatic N) is 1. The third kappa shape index (κ3) is 3.94. The first-order valence-corrected chi connectivity index (χ1v) is 9.18. The van der Waals surface area contributed by atoms with Gasteiger partial charge in [0.1, 0.15) is 17.9 Å².